The van der Waals surface area contributed by atoms with Crippen LogP contribution in [0.25, 0.3) is 0 Å². The Morgan fingerprint density at radius 1 is 1.29 bits per heavy atom. The van der Waals surface area contributed by atoms with Crippen LogP contribution in [0.3, 0.4) is 0 Å². The van der Waals surface area contributed by atoms with Crippen molar-refractivity contribution in [2.75, 3.05) is 13.1 Å². The van der Waals surface area contributed by atoms with Crippen LogP contribution in [-0.4, -0.2) is 34.9 Å². The van der Waals surface area contributed by atoms with Crippen LogP contribution >= 0.6 is 23.7 Å². The Balaban J connectivity index is 0.00000225. The maximum Gasteiger partial charge on any atom is 0.269 e. The molecule has 0 radical (unpaired) electrons. The summed E-state index contributed by atoms with van der Waals surface area (Å²) in [6.45, 7) is 2.65. The quantitative estimate of drug-likeness (QED) is 0.568. The summed E-state index contributed by atoms with van der Waals surface area (Å²) < 4.78 is 0. The number of benzene rings is 1. The molecular formula is C20H24ClN3O3S. The number of nitro groups is 1. The van der Waals surface area contributed by atoms with Gasteiger partial charge in [0, 0.05) is 24.7 Å². The number of amides is 1. The topological polar surface area (TPSA) is 75.5 Å². The average molecular weight is 422 g/mol. The Bertz CT molecular complexity index is 837. The van der Waals surface area contributed by atoms with Crippen molar-refractivity contribution < 1.29 is 9.72 Å². The standard InChI is InChI=1S/C20H23N3O3S.ClH/c24-19(11-15-2-1-3-17(10-15)23(25)26)22(13-16-4-9-27-14-16)18-12-20(18)5-7-21-8-6-20;/h1-4,9-10,14,18,21H,5-8,11-13H2;1H. The third-order valence-electron chi connectivity index (χ3n) is 5.85. The number of hydrogen-bond acceptors (Lipinski definition) is 5. The Hall–Kier alpha value is -1.96. The highest BCUT2D eigenvalue weighted by Gasteiger charge is 2.57. The highest BCUT2D eigenvalue weighted by molar-refractivity contribution is 7.07. The maximum atomic E-state index is 13.2. The van der Waals surface area contributed by atoms with Crippen LogP contribution in [-0.2, 0) is 17.8 Å². The summed E-state index contributed by atoms with van der Waals surface area (Å²) in [6.07, 6.45) is 3.50. The maximum absolute atomic E-state index is 13.2. The van der Waals surface area contributed by atoms with Gasteiger partial charge in [-0.3, -0.25) is 14.9 Å². The minimum absolute atomic E-state index is 0. The van der Waals surface area contributed by atoms with Crippen molar-refractivity contribution in [3.63, 3.8) is 0 Å². The molecule has 1 saturated heterocycles. The lowest BCUT2D eigenvalue weighted by Crippen LogP contribution is -2.39. The van der Waals surface area contributed by atoms with Gasteiger partial charge in [0.2, 0.25) is 5.91 Å². The number of halogens is 1. The third kappa shape index (κ3) is 4.37. The summed E-state index contributed by atoms with van der Waals surface area (Å²) >= 11 is 1.64. The first-order valence-electron chi connectivity index (χ1n) is 9.32. The molecule has 4 rings (SSSR count). The van der Waals surface area contributed by atoms with Gasteiger partial charge in [0.15, 0.2) is 0 Å². The number of nitrogens with zero attached hydrogens (tertiary/aromatic N) is 2. The van der Waals surface area contributed by atoms with Crippen LogP contribution in [0.1, 0.15) is 30.4 Å². The monoisotopic (exact) mass is 421 g/mol. The van der Waals surface area contributed by atoms with Gasteiger partial charge < -0.3 is 10.2 Å². The van der Waals surface area contributed by atoms with Gasteiger partial charge in [0.25, 0.3) is 5.69 Å². The highest BCUT2D eigenvalue weighted by Crippen LogP contribution is 2.56. The number of thiophene rings is 1. The molecule has 150 valence electrons. The lowest BCUT2D eigenvalue weighted by molar-refractivity contribution is -0.384. The predicted octanol–water partition coefficient (Wildman–Crippen LogP) is 3.79. The summed E-state index contributed by atoms with van der Waals surface area (Å²) in [4.78, 5) is 25.8. The van der Waals surface area contributed by atoms with E-state index in [2.05, 4.69) is 16.8 Å². The average Bonchev–Trinajstić information content (AvgIpc) is 3.09. The van der Waals surface area contributed by atoms with Crippen molar-refractivity contribution >= 4 is 35.3 Å². The number of rotatable bonds is 6. The van der Waals surface area contributed by atoms with Gasteiger partial charge in [-0.15, -0.1) is 12.4 Å². The molecule has 2 heterocycles. The molecule has 1 saturated carbocycles. The molecule has 1 N–H and O–H groups in total. The largest absolute Gasteiger partial charge is 0.334 e. The van der Waals surface area contributed by atoms with Crippen molar-refractivity contribution in [3.05, 3.63) is 62.3 Å². The molecule has 1 amide bonds. The van der Waals surface area contributed by atoms with Crippen LogP contribution < -0.4 is 5.32 Å². The van der Waals surface area contributed by atoms with Gasteiger partial charge in [0.1, 0.15) is 0 Å². The molecule has 1 aliphatic carbocycles. The fraction of sp³-hybridized carbons (Fsp3) is 0.450. The van der Waals surface area contributed by atoms with Gasteiger partial charge >= 0.3 is 0 Å². The summed E-state index contributed by atoms with van der Waals surface area (Å²) in [5.74, 6) is 0.0575. The van der Waals surface area contributed by atoms with Crippen molar-refractivity contribution in [2.45, 2.75) is 38.3 Å². The fourth-order valence-electron chi connectivity index (χ4n) is 4.24. The van der Waals surface area contributed by atoms with E-state index in [9.17, 15) is 14.9 Å². The molecular weight excluding hydrogens is 398 g/mol. The van der Waals surface area contributed by atoms with Crippen LogP contribution in [0.4, 0.5) is 5.69 Å². The third-order valence-corrected chi connectivity index (χ3v) is 6.58. The van der Waals surface area contributed by atoms with Gasteiger partial charge in [0.05, 0.1) is 11.3 Å². The lowest BCUT2D eigenvalue weighted by Gasteiger charge is -2.29. The first-order valence-corrected chi connectivity index (χ1v) is 10.3. The van der Waals surface area contributed by atoms with Crippen molar-refractivity contribution in [1.82, 2.24) is 10.2 Å². The SMILES string of the molecule is Cl.O=C(Cc1cccc([N+](=O)[O-])c1)N(Cc1ccsc1)C1CC12CCNCC2. The molecule has 1 aromatic heterocycles. The van der Waals surface area contributed by atoms with Crippen LogP contribution in [0, 0.1) is 15.5 Å². The van der Waals surface area contributed by atoms with E-state index in [1.165, 1.54) is 12.1 Å². The van der Waals surface area contributed by atoms with E-state index in [1.807, 2.05) is 10.3 Å². The Morgan fingerprint density at radius 3 is 2.75 bits per heavy atom. The van der Waals surface area contributed by atoms with E-state index < -0.39 is 4.92 Å². The molecule has 2 aromatic rings. The Kier molecular flexibility index (Phi) is 6.37. The summed E-state index contributed by atoms with van der Waals surface area (Å²) in [5.41, 5.74) is 2.15. The van der Waals surface area contributed by atoms with E-state index >= 15 is 0 Å². The zero-order valence-corrected chi connectivity index (χ0v) is 17.1. The van der Waals surface area contributed by atoms with Crippen LogP contribution in [0.15, 0.2) is 41.1 Å². The molecule has 2 aliphatic rings. The highest BCUT2D eigenvalue weighted by atomic mass is 35.5. The number of carbonyl (C=O) groups excluding carboxylic acids is 1. The van der Waals surface area contributed by atoms with E-state index in [-0.39, 0.29) is 41.9 Å². The molecule has 8 heteroatoms. The molecule has 6 nitrogen and oxygen atoms in total. The van der Waals surface area contributed by atoms with Crippen LogP contribution in [0.5, 0.6) is 0 Å². The molecule has 28 heavy (non-hydrogen) atoms. The molecule has 2 fully saturated rings. The number of nitro benzene ring substituents is 1. The molecule has 1 spiro atoms. The van der Waals surface area contributed by atoms with E-state index in [0.717, 1.165) is 37.9 Å². The van der Waals surface area contributed by atoms with Crippen molar-refractivity contribution in [3.8, 4) is 0 Å². The Morgan fingerprint density at radius 2 is 2.07 bits per heavy atom. The lowest BCUT2D eigenvalue weighted by atomic mass is 9.93. The predicted molar refractivity (Wildman–Crippen MR) is 112 cm³/mol. The van der Waals surface area contributed by atoms with Gasteiger partial charge in [-0.1, -0.05) is 12.1 Å². The van der Waals surface area contributed by atoms with E-state index in [1.54, 1.807) is 23.5 Å². The van der Waals surface area contributed by atoms with Gasteiger partial charge in [-0.05, 0) is 65.7 Å². The summed E-state index contributed by atoms with van der Waals surface area (Å²) in [6, 6.07) is 8.76. The first kappa shape index (κ1) is 20.8. The number of nitrogens with one attached hydrogen (secondary N) is 1. The van der Waals surface area contributed by atoms with Gasteiger partial charge in [-0.25, -0.2) is 0 Å². The second kappa shape index (κ2) is 8.59. The molecule has 1 aromatic carbocycles. The fourth-order valence-corrected chi connectivity index (χ4v) is 4.90. The zero-order chi connectivity index (χ0) is 18.9. The van der Waals surface area contributed by atoms with Crippen molar-refractivity contribution in [2.24, 2.45) is 5.41 Å². The smallest absolute Gasteiger partial charge is 0.269 e. The molecule has 1 aliphatic heterocycles. The van der Waals surface area contributed by atoms with E-state index in [0.29, 0.717) is 12.1 Å². The number of hydrogen-bond donors (Lipinski definition) is 1. The van der Waals surface area contributed by atoms with Gasteiger partial charge in [-0.2, -0.15) is 11.3 Å². The summed E-state index contributed by atoms with van der Waals surface area (Å²) in [7, 11) is 0. The number of piperidine rings is 1. The first-order chi connectivity index (χ1) is 13.1. The van der Waals surface area contributed by atoms with Crippen LogP contribution in [0.2, 0.25) is 0 Å². The second-order valence-electron chi connectivity index (χ2n) is 7.59. The summed E-state index contributed by atoms with van der Waals surface area (Å²) in [5, 5.41) is 18.5. The Labute approximate surface area is 174 Å². The second-order valence-corrected chi connectivity index (χ2v) is 8.37. The minimum Gasteiger partial charge on any atom is -0.334 e. The van der Waals surface area contributed by atoms with Crippen molar-refractivity contribution in [1.29, 1.82) is 0 Å². The number of carbonyl (C=O) groups is 1. The molecule has 0 bridgehead atoms. The van der Waals surface area contributed by atoms with E-state index in [4.69, 9.17) is 0 Å². The number of non-ortho nitro benzene ring substituents is 1. The normalized spacial score (nSPS) is 19.6. The molecule has 1 unspecified atom stereocenters. The minimum atomic E-state index is -0.415. The molecule has 1 atom stereocenters. The zero-order valence-electron chi connectivity index (χ0n) is 15.5.